The molecule has 0 aliphatic carbocycles. The molecular formula is C15H18Cl2N4O2. The van der Waals surface area contributed by atoms with Crippen molar-refractivity contribution in [3.63, 3.8) is 0 Å². The smallest absolute Gasteiger partial charge is 0.388 e. The first-order chi connectivity index (χ1) is 11.0. The molecule has 0 amide bonds. The maximum atomic E-state index is 11.1. The van der Waals surface area contributed by atoms with Gasteiger partial charge >= 0.3 is 5.76 Å². The van der Waals surface area contributed by atoms with Crippen molar-refractivity contribution in [2.24, 2.45) is 5.92 Å². The molecule has 1 atom stereocenters. The molecule has 1 saturated heterocycles. The van der Waals surface area contributed by atoms with E-state index in [0.29, 0.717) is 21.5 Å². The highest BCUT2D eigenvalue weighted by Crippen LogP contribution is 2.35. The highest BCUT2D eigenvalue weighted by atomic mass is 35.5. The lowest BCUT2D eigenvalue weighted by molar-refractivity contribution is 0.343. The molecule has 0 unspecified atom stereocenters. The van der Waals surface area contributed by atoms with Crippen LogP contribution in [0.25, 0.3) is 11.5 Å². The zero-order valence-electron chi connectivity index (χ0n) is 12.7. The van der Waals surface area contributed by atoms with E-state index in [2.05, 4.69) is 27.8 Å². The van der Waals surface area contributed by atoms with Gasteiger partial charge in [-0.1, -0.05) is 23.2 Å². The Morgan fingerprint density at radius 2 is 2.04 bits per heavy atom. The van der Waals surface area contributed by atoms with E-state index in [1.165, 1.54) is 0 Å². The Hall–Kier alpha value is -1.50. The van der Waals surface area contributed by atoms with E-state index >= 15 is 0 Å². The third kappa shape index (κ3) is 3.71. The number of benzene rings is 1. The molecule has 0 radical (unpaired) electrons. The summed E-state index contributed by atoms with van der Waals surface area (Å²) in [5.74, 6) is 0.104. The SMILES string of the molecule is C[C@H](Nc1cc(-c2n[nH]c(=O)o2)c(Cl)cc1Cl)C1CCNCC1. The molecule has 6 nitrogen and oxygen atoms in total. The Bertz CT molecular complexity index is 737. The molecule has 3 rings (SSSR count). The maximum Gasteiger partial charge on any atom is 0.434 e. The van der Waals surface area contributed by atoms with Crippen LogP contribution in [0.3, 0.4) is 0 Å². The van der Waals surface area contributed by atoms with Gasteiger partial charge in [0.05, 0.1) is 21.3 Å². The van der Waals surface area contributed by atoms with Gasteiger partial charge < -0.3 is 15.1 Å². The third-order valence-corrected chi connectivity index (χ3v) is 4.82. The van der Waals surface area contributed by atoms with Crippen LogP contribution in [-0.4, -0.2) is 29.3 Å². The molecule has 0 bridgehead atoms. The summed E-state index contributed by atoms with van der Waals surface area (Å²) in [6.45, 7) is 4.22. The Morgan fingerprint density at radius 1 is 1.30 bits per heavy atom. The fraction of sp³-hybridized carbons (Fsp3) is 0.467. The lowest BCUT2D eigenvalue weighted by atomic mass is 9.91. The predicted octanol–water partition coefficient (Wildman–Crippen LogP) is 3.14. The number of nitrogens with zero attached hydrogens (tertiary/aromatic N) is 1. The number of anilines is 1. The molecule has 2 heterocycles. The van der Waals surface area contributed by atoms with Crippen LogP contribution in [0.1, 0.15) is 19.8 Å². The molecule has 1 aromatic heterocycles. The number of rotatable bonds is 4. The van der Waals surface area contributed by atoms with Crippen LogP contribution in [0.4, 0.5) is 5.69 Å². The zero-order valence-corrected chi connectivity index (χ0v) is 14.2. The van der Waals surface area contributed by atoms with Crippen molar-refractivity contribution in [2.45, 2.75) is 25.8 Å². The van der Waals surface area contributed by atoms with E-state index in [4.69, 9.17) is 27.6 Å². The molecule has 1 fully saturated rings. The lowest BCUT2D eigenvalue weighted by Crippen LogP contribution is -2.36. The van der Waals surface area contributed by atoms with Crippen LogP contribution in [-0.2, 0) is 0 Å². The van der Waals surface area contributed by atoms with Crippen LogP contribution in [0.15, 0.2) is 21.3 Å². The lowest BCUT2D eigenvalue weighted by Gasteiger charge is -2.30. The van der Waals surface area contributed by atoms with Crippen molar-refractivity contribution >= 4 is 28.9 Å². The number of nitrogens with one attached hydrogen (secondary N) is 3. The van der Waals surface area contributed by atoms with Gasteiger partial charge in [0.1, 0.15) is 0 Å². The Morgan fingerprint density at radius 3 is 2.70 bits per heavy atom. The number of H-pyrrole nitrogens is 1. The molecule has 124 valence electrons. The van der Waals surface area contributed by atoms with Crippen molar-refractivity contribution in [3.8, 4) is 11.5 Å². The van der Waals surface area contributed by atoms with E-state index in [1.807, 2.05) is 0 Å². The molecule has 1 aliphatic rings. The number of piperidine rings is 1. The van der Waals surface area contributed by atoms with Crippen LogP contribution < -0.4 is 16.4 Å². The van der Waals surface area contributed by atoms with Crippen molar-refractivity contribution in [3.05, 3.63) is 32.7 Å². The Kier molecular flexibility index (Phi) is 4.94. The second-order valence-corrected chi connectivity index (χ2v) is 6.57. The highest BCUT2D eigenvalue weighted by Gasteiger charge is 2.21. The Labute approximate surface area is 143 Å². The van der Waals surface area contributed by atoms with E-state index in [1.54, 1.807) is 12.1 Å². The number of aromatic amines is 1. The van der Waals surface area contributed by atoms with Gasteiger partial charge in [-0.05, 0) is 50.9 Å². The topological polar surface area (TPSA) is 83.0 Å². The number of halogens is 2. The number of hydrogen-bond donors (Lipinski definition) is 3. The minimum absolute atomic E-state index is 0.147. The summed E-state index contributed by atoms with van der Waals surface area (Å²) < 4.78 is 4.98. The first kappa shape index (κ1) is 16.4. The van der Waals surface area contributed by atoms with Crippen LogP contribution in [0, 0.1) is 5.92 Å². The monoisotopic (exact) mass is 356 g/mol. The standard InChI is InChI=1S/C15H18Cl2N4O2/c1-8(9-2-4-18-5-3-9)19-13-6-10(11(16)7-12(13)17)14-20-21-15(22)23-14/h6-9,18-19H,2-5H2,1H3,(H,21,22)/t8-/m0/s1. The zero-order chi connectivity index (χ0) is 16.4. The van der Waals surface area contributed by atoms with Gasteiger partial charge in [-0.25, -0.2) is 9.89 Å². The second-order valence-electron chi connectivity index (χ2n) is 5.75. The summed E-state index contributed by atoms with van der Waals surface area (Å²) in [6.07, 6.45) is 2.25. The highest BCUT2D eigenvalue weighted by molar-refractivity contribution is 6.37. The molecule has 2 aromatic rings. The van der Waals surface area contributed by atoms with Crippen LogP contribution in [0.2, 0.25) is 10.0 Å². The first-order valence-corrected chi connectivity index (χ1v) is 8.32. The van der Waals surface area contributed by atoms with Crippen molar-refractivity contribution in [1.29, 1.82) is 0 Å². The normalized spacial score (nSPS) is 17.2. The quantitative estimate of drug-likeness (QED) is 0.783. The van der Waals surface area contributed by atoms with Crippen LogP contribution in [0.5, 0.6) is 0 Å². The molecular weight excluding hydrogens is 339 g/mol. The van der Waals surface area contributed by atoms with Crippen LogP contribution >= 0.6 is 23.2 Å². The maximum absolute atomic E-state index is 11.1. The summed E-state index contributed by atoms with van der Waals surface area (Å²) in [4.78, 5) is 11.1. The average molecular weight is 357 g/mol. The summed E-state index contributed by atoms with van der Waals surface area (Å²) in [5.41, 5.74) is 1.28. The summed E-state index contributed by atoms with van der Waals surface area (Å²) >= 11 is 12.5. The fourth-order valence-corrected chi connectivity index (χ4v) is 3.39. The molecule has 23 heavy (non-hydrogen) atoms. The summed E-state index contributed by atoms with van der Waals surface area (Å²) in [7, 11) is 0. The fourth-order valence-electron chi connectivity index (χ4n) is 2.88. The van der Waals surface area contributed by atoms with E-state index < -0.39 is 5.76 Å². The largest absolute Gasteiger partial charge is 0.434 e. The molecule has 3 N–H and O–H groups in total. The average Bonchev–Trinajstić information content (AvgIpc) is 2.97. The van der Waals surface area contributed by atoms with Gasteiger partial charge in [0.25, 0.3) is 5.89 Å². The van der Waals surface area contributed by atoms with Gasteiger partial charge in [-0.15, -0.1) is 5.10 Å². The van der Waals surface area contributed by atoms with Crippen molar-refractivity contribution in [2.75, 3.05) is 18.4 Å². The molecule has 0 saturated carbocycles. The van der Waals surface area contributed by atoms with Gasteiger partial charge in [0.15, 0.2) is 0 Å². The second kappa shape index (κ2) is 6.95. The third-order valence-electron chi connectivity index (χ3n) is 4.20. The number of hydrogen-bond acceptors (Lipinski definition) is 5. The van der Waals surface area contributed by atoms with Gasteiger partial charge in [0, 0.05) is 6.04 Å². The Balaban J connectivity index is 1.85. The first-order valence-electron chi connectivity index (χ1n) is 7.57. The minimum Gasteiger partial charge on any atom is -0.388 e. The summed E-state index contributed by atoms with van der Waals surface area (Å²) in [6, 6.07) is 3.67. The van der Waals surface area contributed by atoms with Crippen molar-refractivity contribution < 1.29 is 4.42 Å². The predicted molar refractivity (Wildman–Crippen MR) is 91.3 cm³/mol. The van der Waals surface area contributed by atoms with Crippen molar-refractivity contribution in [1.82, 2.24) is 15.5 Å². The van der Waals surface area contributed by atoms with E-state index in [0.717, 1.165) is 31.6 Å². The molecule has 1 aliphatic heterocycles. The van der Waals surface area contributed by atoms with Gasteiger partial charge in [-0.2, -0.15) is 0 Å². The van der Waals surface area contributed by atoms with Gasteiger partial charge in [0.2, 0.25) is 0 Å². The van der Waals surface area contributed by atoms with E-state index in [9.17, 15) is 4.79 Å². The van der Waals surface area contributed by atoms with Gasteiger partial charge in [-0.3, -0.25) is 0 Å². The molecule has 1 aromatic carbocycles. The minimum atomic E-state index is -0.622. The molecule has 8 heteroatoms. The van der Waals surface area contributed by atoms with E-state index in [-0.39, 0.29) is 11.9 Å². The molecule has 0 spiro atoms. The summed E-state index contributed by atoms with van der Waals surface area (Å²) in [5, 5.41) is 13.8. The number of aromatic nitrogens is 2.